The first-order valence-corrected chi connectivity index (χ1v) is 7.37. The number of nitro groups is 1. The molecule has 7 heteroatoms. The van der Waals surface area contributed by atoms with E-state index in [4.69, 9.17) is 4.74 Å². The lowest BCUT2D eigenvalue weighted by molar-refractivity contribution is -0.384. The van der Waals surface area contributed by atoms with E-state index >= 15 is 0 Å². The first kappa shape index (κ1) is 13.8. The molecule has 1 aromatic carbocycles. The highest BCUT2D eigenvalue weighted by atomic mass is 79.9. The molecule has 0 amide bonds. The van der Waals surface area contributed by atoms with Gasteiger partial charge in [-0.05, 0) is 41.1 Å². The number of ether oxygens (including phenoxy) is 1. The maximum Gasteiger partial charge on any atom is 0.293 e. The summed E-state index contributed by atoms with van der Waals surface area (Å²) in [5, 5.41) is 14.2. The van der Waals surface area contributed by atoms with Gasteiger partial charge >= 0.3 is 0 Å². The predicted octanol–water partition coefficient (Wildman–Crippen LogP) is 3.48. The Hall–Kier alpha value is -1.21. The number of nitro benzene ring substituents is 1. The van der Waals surface area contributed by atoms with E-state index in [1.54, 1.807) is 0 Å². The molecular weight excluding hydrogens is 331 g/mol. The highest BCUT2D eigenvalue weighted by Gasteiger charge is 2.41. The van der Waals surface area contributed by atoms with Gasteiger partial charge in [-0.3, -0.25) is 10.1 Å². The van der Waals surface area contributed by atoms with Gasteiger partial charge in [-0.25, -0.2) is 4.39 Å². The summed E-state index contributed by atoms with van der Waals surface area (Å²) in [4.78, 5) is 10.6. The van der Waals surface area contributed by atoms with E-state index in [0.717, 1.165) is 19.3 Å². The van der Waals surface area contributed by atoms with Crippen molar-refractivity contribution in [2.45, 2.75) is 31.4 Å². The van der Waals surface area contributed by atoms with Crippen LogP contribution in [-0.2, 0) is 4.74 Å². The van der Waals surface area contributed by atoms with Gasteiger partial charge in [0.15, 0.2) is 0 Å². The van der Waals surface area contributed by atoms with Crippen molar-refractivity contribution in [3.63, 3.8) is 0 Å². The van der Waals surface area contributed by atoms with E-state index < -0.39 is 10.7 Å². The van der Waals surface area contributed by atoms with E-state index in [9.17, 15) is 14.5 Å². The number of hydrogen-bond acceptors (Lipinski definition) is 4. The Morgan fingerprint density at radius 1 is 1.40 bits per heavy atom. The Bertz CT molecular complexity index is 551. The monoisotopic (exact) mass is 344 g/mol. The van der Waals surface area contributed by atoms with Crippen molar-refractivity contribution in [3.05, 3.63) is 32.5 Å². The molecule has 3 rings (SSSR count). The molecule has 1 aliphatic heterocycles. The van der Waals surface area contributed by atoms with Crippen LogP contribution in [0.2, 0.25) is 0 Å². The molecule has 108 valence electrons. The van der Waals surface area contributed by atoms with Gasteiger partial charge in [0.05, 0.1) is 21.5 Å². The van der Waals surface area contributed by atoms with Crippen LogP contribution >= 0.6 is 15.9 Å². The predicted molar refractivity (Wildman–Crippen MR) is 75.2 cm³/mol. The third kappa shape index (κ3) is 2.64. The fourth-order valence-electron chi connectivity index (χ4n) is 2.66. The minimum absolute atomic E-state index is 0.0155. The van der Waals surface area contributed by atoms with Crippen molar-refractivity contribution in [2.75, 3.05) is 11.9 Å². The Morgan fingerprint density at radius 2 is 2.15 bits per heavy atom. The third-order valence-electron chi connectivity index (χ3n) is 3.80. The van der Waals surface area contributed by atoms with E-state index in [2.05, 4.69) is 21.2 Å². The van der Waals surface area contributed by atoms with Gasteiger partial charge in [-0.1, -0.05) is 0 Å². The maximum absolute atomic E-state index is 13.6. The number of benzene rings is 1. The number of nitrogens with zero attached hydrogens (tertiary/aromatic N) is 1. The topological polar surface area (TPSA) is 64.4 Å². The maximum atomic E-state index is 13.6. The molecule has 2 atom stereocenters. The second-order valence-electron chi connectivity index (χ2n) is 5.25. The van der Waals surface area contributed by atoms with Gasteiger partial charge in [0.1, 0.15) is 11.5 Å². The molecule has 5 nitrogen and oxygen atoms in total. The summed E-state index contributed by atoms with van der Waals surface area (Å²) < 4.78 is 19.4. The summed E-state index contributed by atoms with van der Waals surface area (Å²) in [5.74, 6) is 0.0225. The van der Waals surface area contributed by atoms with Gasteiger partial charge in [-0.2, -0.15) is 0 Å². The number of rotatable bonds is 4. The summed E-state index contributed by atoms with van der Waals surface area (Å²) in [6, 6.07) is 2.38. The quantitative estimate of drug-likeness (QED) is 0.670. The van der Waals surface area contributed by atoms with Crippen molar-refractivity contribution in [1.82, 2.24) is 0 Å². The fraction of sp³-hybridized carbons (Fsp3) is 0.538. The Balaban J connectivity index is 1.85. The van der Waals surface area contributed by atoms with Crippen LogP contribution in [0.3, 0.4) is 0 Å². The molecule has 0 spiro atoms. The molecule has 1 saturated carbocycles. The summed E-state index contributed by atoms with van der Waals surface area (Å²) in [5.41, 5.74) is 0.0940. The number of nitrogens with one attached hydrogen (secondary N) is 1. The first-order valence-electron chi connectivity index (χ1n) is 6.58. The highest BCUT2D eigenvalue weighted by Crippen LogP contribution is 2.40. The highest BCUT2D eigenvalue weighted by molar-refractivity contribution is 9.10. The van der Waals surface area contributed by atoms with E-state index in [1.807, 2.05) is 0 Å². The Labute approximate surface area is 123 Å². The molecule has 2 aliphatic rings. The molecular formula is C13H14BrFN2O3. The SMILES string of the molecule is O=[N+]([O-])c1cc(Br)c(F)cc1NC1CCOC1C1CC1. The van der Waals surface area contributed by atoms with Crippen molar-refractivity contribution >= 4 is 27.3 Å². The van der Waals surface area contributed by atoms with Crippen molar-refractivity contribution in [1.29, 1.82) is 0 Å². The Morgan fingerprint density at radius 3 is 2.80 bits per heavy atom. The van der Waals surface area contributed by atoms with Gasteiger partial charge in [-0.15, -0.1) is 0 Å². The van der Waals surface area contributed by atoms with Crippen molar-refractivity contribution < 1.29 is 14.1 Å². The van der Waals surface area contributed by atoms with E-state index in [-0.39, 0.29) is 28.0 Å². The van der Waals surface area contributed by atoms with Gasteiger partial charge in [0, 0.05) is 18.7 Å². The molecule has 1 aliphatic carbocycles. The summed E-state index contributed by atoms with van der Waals surface area (Å²) in [7, 11) is 0. The minimum Gasteiger partial charge on any atom is -0.376 e. The molecule has 1 aromatic rings. The lowest BCUT2D eigenvalue weighted by Crippen LogP contribution is -2.31. The van der Waals surface area contributed by atoms with Gasteiger partial charge in [0.25, 0.3) is 5.69 Å². The summed E-state index contributed by atoms with van der Waals surface area (Å²) in [6.45, 7) is 0.644. The number of hydrogen-bond donors (Lipinski definition) is 1. The normalized spacial score (nSPS) is 25.7. The lowest BCUT2D eigenvalue weighted by atomic mass is 10.1. The van der Waals surface area contributed by atoms with Crippen molar-refractivity contribution in [2.24, 2.45) is 5.92 Å². The summed E-state index contributed by atoms with van der Waals surface area (Å²) >= 11 is 2.97. The molecule has 0 aromatic heterocycles. The van der Waals surface area contributed by atoms with E-state index in [1.165, 1.54) is 12.1 Å². The van der Waals surface area contributed by atoms with E-state index in [0.29, 0.717) is 12.5 Å². The molecule has 1 saturated heterocycles. The van der Waals surface area contributed by atoms with Crippen LogP contribution in [0, 0.1) is 21.8 Å². The van der Waals surface area contributed by atoms with Crippen LogP contribution in [0.15, 0.2) is 16.6 Å². The average molecular weight is 345 g/mol. The van der Waals surface area contributed by atoms with Crippen LogP contribution in [-0.4, -0.2) is 23.7 Å². The van der Waals surface area contributed by atoms with Crippen LogP contribution in [0.5, 0.6) is 0 Å². The third-order valence-corrected chi connectivity index (χ3v) is 4.41. The first-order chi connectivity index (χ1) is 9.56. The standard InChI is InChI=1S/C13H14BrFN2O3/c14-8-5-12(17(18)19)11(6-9(8)15)16-10-3-4-20-13(10)7-1-2-7/h5-7,10,13,16H,1-4H2. The molecule has 2 fully saturated rings. The minimum atomic E-state index is -0.514. The number of anilines is 1. The summed E-state index contributed by atoms with van der Waals surface area (Å²) in [6.07, 6.45) is 3.15. The zero-order valence-electron chi connectivity index (χ0n) is 10.6. The molecule has 20 heavy (non-hydrogen) atoms. The molecule has 0 bridgehead atoms. The average Bonchev–Trinajstić information content (AvgIpc) is 3.14. The zero-order chi connectivity index (χ0) is 14.3. The Kier molecular flexibility index (Phi) is 3.64. The van der Waals surface area contributed by atoms with Crippen LogP contribution in [0.25, 0.3) is 0 Å². The fourth-order valence-corrected chi connectivity index (χ4v) is 2.99. The smallest absolute Gasteiger partial charge is 0.293 e. The molecule has 1 heterocycles. The van der Waals surface area contributed by atoms with Crippen LogP contribution in [0.1, 0.15) is 19.3 Å². The number of halogens is 2. The zero-order valence-corrected chi connectivity index (χ0v) is 12.2. The molecule has 2 unspecified atom stereocenters. The molecule has 0 radical (unpaired) electrons. The van der Waals surface area contributed by atoms with Crippen LogP contribution < -0.4 is 5.32 Å². The van der Waals surface area contributed by atoms with Gasteiger partial charge < -0.3 is 10.1 Å². The largest absolute Gasteiger partial charge is 0.376 e. The molecule has 1 N–H and O–H groups in total. The van der Waals surface area contributed by atoms with Gasteiger partial charge in [0.2, 0.25) is 0 Å². The lowest BCUT2D eigenvalue weighted by Gasteiger charge is -2.20. The second kappa shape index (κ2) is 5.29. The second-order valence-corrected chi connectivity index (χ2v) is 6.11. The van der Waals surface area contributed by atoms with Crippen LogP contribution in [0.4, 0.5) is 15.8 Å². The van der Waals surface area contributed by atoms with Crippen molar-refractivity contribution in [3.8, 4) is 0 Å².